The van der Waals surface area contributed by atoms with Crippen molar-refractivity contribution in [2.75, 3.05) is 19.8 Å². The Bertz CT molecular complexity index is 472. The molecule has 1 rings (SSSR count). The fourth-order valence-corrected chi connectivity index (χ4v) is 2.30. The van der Waals surface area contributed by atoms with Crippen LogP contribution in [-0.4, -0.2) is 19.8 Å². The van der Waals surface area contributed by atoms with Crippen molar-refractivity contribution in [3.63, 3.8) is 0 Å². The summed E-state index contributed by atoms with van der Waals surface area (Å²) in [4.78, 5) is 4.49. The van der Waals surface area contributed by atoms with E-state index in [1.54, 1.807) is 12.1 Å². The molecule has 0 unspecified atom stereocenters. The first kappa shape index (κ1) is 22.9. The Morgan fingerprint density at radius 3 is 2.17 bits per heavy atom. The Labute approximate surface area is 162 Å². The van der Waals surface area contributed by atoms with Gasteiger partial charge >= 0.3 is 0 Å². The summed E-state index contributed by atoms with van der Waals surface area (Å²) in [6, 6.07) is 3.25. The van der Waals surface area contributed by atoms with Crippen molar-refractivity contribution < 1.29 is 14.3 Å². The van der Waals surface area contributed by atoms with Gasteiger partial charge in [-0.25, -0.2) is 5.90 Å². The molecular weight excluding hydrogens is 407 g/mol. The monoisotopic (exact) mass is 423 g/mol. The Kier molecular flexibility index (Phi) is 13.2. The van der Waals surface area contributed by atoms with E-state index in [1.807, 2.05) is 0 Å². The fourth-order valence-electron chi connectivity index (χ4n) is 1.60. The Morgan fingerprint density at radius 1 is 1.00 bits per heavy atom. The van der Waals surface area contributed by atoms with Crippen molar-refractivity contribution in [3.8, 4) is 11.5 Å². The lowest BCUT2D eigenvalue weighted by atomic mass is 10.2. The second-order valence-corrected chi connectivity index (χ2v) is 6.12. The van der Waals surface area contributed by atoms with E-state index in [0.29, 0.717) is 34.8 Å². The second kappa shape index (κ2) is 13.2. The summed E-state index contributed by atoms with van der Waals surface area (Å²) in [6.45, 7) is 1.27. The molecule has 4 nitrogen and oxygen atoms in total. The van der Waals surface area contributed by atoms with Gasteiger partial charge in [-0.2, -0.15) is 0 Å². The first-order chi connectivity index (χ1) is 10.5. The Morgan fingerprint density at radius 2 is 1.61 bits per heavy atom. The molecule has 132 valence electrons. The summed E-state index contributed by atoms with van der Waals surface area (Å²) >= 11 is 23.3. The van der Waals surface area contributed by atoms with Gasteiger partial charge in [-0.05, 0) is 25.3 Å². The first-order valence-electron chi connectivity index (χ1n) is 6.62. The fraction of sp³-hybridized carbons (Fsp3) is 0.429. The van der Waals surface area contributed by atoms with Crippen molar-refractivity contribution in [2.24, 2.45) is 5.90 Å². The molecule has 0 fully saturated rings. The van der Waals surface area contributed by atoms with E-state index in [4.69, 9.17) is 61.8 Å². The Hall–Kier alpha value is -0.0700. The summed E-state index contributed by atoms with van der Waals surface area (Å²) in [5.41, 5.74) is 0. The highest BCUT2D eigenvalue weighted by molar-refractivity contribution is 6.55. The number of ether oxygens (including phenoxy) is 2. The maximum atomic E-state index is 6.15. The average molecular weight is 426 g/mol. The molecule has 0 aromatic heterocycles. The molecular formula is C14H18Cl5NO3. The van der Waals surface area contributed by atoms with Crippen LogP contribution in [0.4, 0.5) is 0 Å². The number of halogens is 5. The molecule has 1 aromatic rings. The minimum absolute atomic E-state index is 0. The maximum Gasteiger partial charge on any atom is 0.156 e. The summed E-state index contributed by atoms with van der Waals surface area (Å²) in [5, 5.41) is 0.766. The zero-order chi connectivity index (χ0) is 16.4. The predicted octanol–water partition coefficient (Wildman–Crippen LogP) is 5.55. The zero-order valence-corrected chi connectivity index (χ0v) is 16.0. The van der Waals surface area contributed by atoms with Crippen molar-refractivity contribution in [1.29, 1.82) is 0 Å². The average Bonchev–Trinajstić information content (AvgIpc) is 2.44. The van der Waals surface area contributed by atoms with Gasteiger partial charge in [0, 0.05) is 12.1 Å². The third-order valence-corrected chi connectivity index (χ3v) is 3.48. The van der Waals surface area contributed by atoms with Gasteiger partial charge in [0.2, 0.25) is 0 Å². The van der Waals surface area contributed by atoms with E-state index in [9.17, 15) is 0 Å². The van der Waals surface area contributed by atoms with Crippen LogP contribution in [0.1, 0.15) is 19.3 Å². The smallest absolute Gasteiger partial charge is 0.156 e. The third-order valence-electron chi connectivity index (χ3n) is 2.61. The van der Waals surface area contributed by atoms with Crippen molar-refractivity contribution >= 4 is 58.8 Å². The Balaban J connectivity index is 0.00000484. The summed E-state index contributed by atoms with van der Waals surface area (Å²) in [5.74, 6) is 5.89. The van der Waals surface area contributed by atoms with Crippen LogP contribution in [-0.2, 0) is 4.84 Å². The number of benzene rings is 1. The molecule has 0 radical (unpaired) electrons. The highest BCUT2D eigenvalue weighted by Crippen LogP contribution is 2.37. The summed E-state index contributed by atoms with van der Waals surface area (Å²) in [6.07, 6.45) is 4.19. The quantitative estimate of drug-likeness (QED) is 0.394. The molecule has 0 aliphatic carbocycles. The molecule has 0 aliphatic rings. The van der Waals surface area contributed by atoms with Crippen LogP contribution < -0.4 is 15.4 Å². The van der Waals surface area contributed by atoms with Gasteiger partial charge in [-0.1, -0.05) is 46.4 Å². The van der Waals surface area contributed by atoms with E-state index in [0.717, 1.165) is 19.3 Å². The van der Waals surface area contributed by atoms with Crippen LogP contribution in [0.3, 0.4) is 0 Å². The molecule has 0 spiro atoms. The van der Waals surface area contributed by atoms with Gasteiger partial charge in [-0.3, -0.25) is 0 Å². The maximum absolute atomic E-state index is 6.15. The van der Waals surface area contributed by atoms with Crippen molar-refractivity contribution in [3.05, 3.63) is 32.7 Å². The van der Waals surface area contributed by atoms with Gasteiger partial charge in [0.05, 0.1) is 23.3 Å². The molecule has 0 heterocycles. The second-order valence-electron chi connectivity index (χ2n) is 4.30. The highest BCUT2D eigenvalue weighted by atomic mass is 35.5. The number of rotatable bonds is 10. The van der Waals surface area contributed by atoms with Crippen molar-refractivity contribution in [1.82, 2.24) is 0 Å². The van der Waals surface area contributed by atoms with Crippen LogP contribution in [0.2, 0.25) is 10.0 Å². The summed E-state index contributed by atoms with van der Waals surface area (Å²) < 4.78 is 11.1. The minimum atomic E-state index is 0. The molecule has 0 amide bonds. The van der Waals surface area contributed by atoms with Crippen LogP contribution in [0.25, 0.3) is 0 Å². The predicted molar refractivity (Wildman–Crippen MR) is 98.5 cm³/mol. The molecule has 0 saturated heterocycles. The minimum Gasteiger partial charge on any atom is -0.490 e. The molecule has 9 heteroatoms. The van der Waals surface area contributed by atoms with E-state index >= 15 is 0 Å². The van der Waals surface area contributed by atoms with E-state index < -0.39 is 0 Å². The molecule has 23 heavy (non-hydrogen) atoms. The standard InChI is InChI=1S/C14H17Cl4NO3.ClH/c15-11-8-10(20-7-4-13(17)18)9-12(16)14(11)21-5-2-1-3-6-22-19;/h4,8-9H,1-3,5-7,19H2;1H. The SMILES string of the molecule is Cl.NOCCCCCOc1c(Cl)cc(OCC=C(Cl)Cl)cc1Cl. The highest BCUT2D eigenvalue weighted by Gasteiger charge is 2.10. The van der Waals surface area contributed by atoms with Crippen molar-refractivity contribution in [2.45, 2.75) is 19.3 Å². The molecule has 0 saturated carbocycles. The topological polar surface area (TPSA) is 53.7 Å². The molecule has 0 aliphatic heterocycles. The number of unbranched alkanes of at least 4 members (excludes halogenated alkanes) is 2. The number of hydrogen-bond acceptors (Lipinski definition) is 4. The lowest BCUT2D eigenvalue weighted by molar-refractivity contribution is 0.132. The molecule has 2 N–H and O–H groups in total. The van der Waals surface area contributed by atoms with E-state index in [-0.39, 0.29) is 23.5 Å². The lowest BCUT2D eigenvalue weighted by Crippen LogP contribution is -2.03. The molecule has 0 bridgehead atoms. The van der Waals surface area contributed by atoms with Gasteiger partial charge in [0.1, 0.15) is 16.8 Å². The largest absolute Gasteiger partial charge is 0.490 e. The van der Waals surface area contributed by atoms with Crippen LogP contribution in [0.15, 0.2) is 22.7 Å². The van der Waals surface area contributed by atoms with Gasteiger partial charge in [-0.15, -0.1) is 12.4 Å². The van der Waals surface area contributed by atoms with Gasteiger partial charge < -0.3 is 14.3 Å². The molecule has 0 atom stereocenters. The first-order valence-corrected chi connectivity index (χ1v) is 8.13. The number of hydrogen-bond donors (Lipinski definition) is 1. The van der Waals surface area contributed by atoms with Gasteiger partial charge in [0.25, 0.3) is 0 Å². The van der Waals surface area contributed by atoms with E-state index in [1.165, 1.54) is 6.08 Å². The molecule has 1 aromatic carbocycles. The number of nitrogens with two attached hydrogens (primary N) is 1. The van der Waals surface area contributed by atoms with Crippen LogP contribution in [0.5, 0.6) is 11.5 Å². The normalized spacial score (nSPS) is 9.96. The third kappa shape index (κ3) is 9.72. The van der Waals surface area contributed by atoms with Crippen LogP contribution >= 0.6 is 58.8 Å². The summed E-state index contributed by atoms with van der Waals surface area (Å²) in [7, 11) is 0. The zero-order valence-electron chi connectivity index (χ0n) is 12.2. The van der Waals surface area contributed by atoms with Crippen LogP contribution in [0, 0.1) is 0 Å². The van der Waals surface area contributed by atoms with Gasteiger partial charge in [0.15, 0.2) is 5.75 Å². The lowest BCUT2D eigenvalue weighted by Gasteiger charge is -2.12. The van der Waals surface area contributed by atoms with E-state index in [2.05, 4.69) is 4.84 Å².